The second-order valence-corrected chi connectivity index (χ2v) is 4.83. The van der Waals surface area contributed by atoms with Gasteiger partial charge in [0.2, 0.25) is 0 Å². The Hall–Kier alpha value is -1.62. The molecule has 19 heavy (non-hydrogen) atoms. The lowest BCUT2D eigenvalue weighted by Crippen LogP contribution is -2.34. The molecule has 0 fully saturated rings. The van der Waals surface area contributed by atoms with E-state index in [1.165, 1.54) is 0 Å². The molecule has 0 N–H and O–H groups in total. The first-order valence-corrected chi connectivity index (χ1v) is 6.90. The van der Waals surface area contributed by atoms with E-state index in [1.807, 2.05) is 6.07 Å². The van der Waals surface area contributed by atoms with Crippen molar-refractivity contribution >= 4 is 11.4 Å². The number of hydrogen-bond acceptors (Lipinski definition) is 4. The number of hydrogen-bond donors (Lipinski definition) is 0. The number of nitro benzene ring substituents is 1. The van der Waals surface area contributed by atoms with E-state index in [0.29, 0.717) is 0 Å². The first-order chi connectivity index (χ1) is 9.15. The molecule has 1 aromatic carbocycles. The molecule has 0 aliphatic carbocycles. The zero-order valence-electron chi connectivity index (χ0n) is 11.6. The van der Waals surface area contributed by atoms with Crippen LogP contribution in [-0.2, 0) is 6.42 Å². The highest BCUT2D eigenvalue weighted by Gasteiger charge is 2.21. The van der Waals surface area contributed by atoms with Gasteiger partial charge < -0.3 is 9.80 Å². The number of nitrogens with zero attached hydrogens (tertiary/aromatic N) is 3. The maximum atomic E-state index is 10.8. The number of non-ortho nitro benzene ring substituents is 1. The van der Waals surface area contributed by atoms with Crippen molar-refractivity contribution in [2.75, 3.05) is 37.6 Å². The Balaban J connectivity index is 2.04. The second-order valence-electron chi connectivity index (χ2n) is 4.83. The molecular weight excluding hydrogens is 242 g/mol. The average Bonchev–Trinajstić information content (AvgIpc) is 2.82. The van der Waals surface area contributed by atoms with Crippen LogP contribution in [0.25, 0.3) is 0 Å². The minimum Gasteiger partial charge on any atom is -0.370 e. The molecule has 1 aromatic rings. The minimum absolute atomic E-state index is 0.198. The molecule has 0 bridgehead atoms. The molecule has 1 heterocycles. The van der Waals surface area contributed by atoms with Gasteiger partial charge in [-0.3, -0.25) is 10.1 Å². The number of fused-ring (bicyclic) bond motifs is 1. The summed E-state index contributed by atoms with van der Waals surface area (Å²) in [6, 6.07) is 5.21. The fourth-order valence-corrected chi connectivity index (χ4v) is 2.60. The Kier molecular flexibility index (Phi) is 4.37. The molecule has 5 heteroatoms. The summed E-state index contributed by atoms with van der Waals surface area (Å²) < 4.78 is 0. The fourth-order valence-electron chi connectivity index (χ4n) is 2.60. The van der Waals surface area contributed by atoms with Crippen molar-refractivity contribution in [3.8, 4) is 0 Å². The van der Waals surface area contributed by atoms with E-state index in [0.717, 1.165) is 50.4 Å². The van der Waals surface area contributed by atoms with Gasteiger partial charge in [-0.1, -0.05) is 13.8 Å². The van der Waals surface area contributed by atoms with Crippen LogP contribution in [0.4, 0.5) is 11.4 Å². The van der Waals surface area contributed by atoms with E-state index in [1.54, 1.807) is 12.1 Å². The van der Waals surface area contributed by atoms with Gasteiger partial charge in [0.1, 0.15) is 0 Å². The Morgan fingerprint density at radius 1 is 1.37 bits per heavy atom. The Morgan fingerprint density at radius 3 is 2.74 bits per heavy atom. The molecule has 0 saturated heterocycles. The summed E-state index contributed by atoms with van der Waals surface area (Å²) in [6.45, 7) is 9.48. The molecule has 104 valence electrons. The van der Waals surface area contributed by atoms with Crippen LogP contribution in [0.2, 0.25) is 0 Å². The zero-order chi connectivity index (χ0) is 13.8. The van der Waals surface area contributed by atoms with Crippen LogP contribution in [0.5, 0.6) is 0 Å². The number of rotatable bonds is 6. The van der Waals surface area contributed by atoms with E-state index in [2.05, 4.69) is 23.6 Å². The molecule has 0 amide bonds. The quantitative estimate of drug-likeness (QED) is 0.583. The standard InChI is InChI=1S/C14H21N3O2/c1-3-15(4-2)9-10-16-8-7-12-11-13(17(18)19)5-6-14(12)16/h5-6,11H,3-4,7-10H2,1-2H3. The lowest BCUT2D eigenvalue weighted by Gasteiger charge is -2.24. The summed E-state index contributed by atoms with van der Waals surface area (Å²) in [5.74, 6) is 0. The Labute approximate surface area is 114 Å². The van der Waals surface area contributed by atoms with E-state index >= 15 is 0 Å². The van der Waals surface area contributed by atoms with Crippen molar-refractivity contribution in [1.29, 1.82) is 0 Å². The van der Waals surface area contributed by atoms with Crippen LogP contribution in [0.3, 0.4) is 0 Å². The molecule has 0 atom stereocenters. The van der Waals surface area contributed by atoms with Gasteiger partial charge in [-0.25, -0.2) is 0 Å². The molecule has 0 saturated carbocycles. The zero-order valence-corrected chi connectivity index (χ0v) is 11.6. The van der Waals surface area contributed by atoms with Gasteiger partial charge in [-0.05, 0) is 31.1 Å². The number of nitro groups is 1. The van der Waals surface area contributed by atoms with Gasteiger partial charge >= 0.3 is 0 Å². The summed E-state index contributed by atoms with van der Waals surface area (Å²) in [5, 5.41) is 10.8. The molecule has 5 nitrogen and oxygen atoms in total. The van der Waals surface area contributed by atoms with E-state index in [-0.39, 0.29) is 10.6 Å². The predicted molar refractivity (Wildman–Crippen MR) is 76.8 cm³/mol. The van der Waals surface area contributed by atoms with E-state index in [9.17, 15) is 10.1 Å². The molecule has 1 aliphatic rings. The van der Waals surface area contributed by atoms with E-state index < -0.39 is 0 Å². The van der Waals surface area contributed by atoms with Crippen molar-refractivity contribution in [3.63, 3.8) is 0 Å². The highest BCUT2D eigenvalue weighted by Crippen LogP contribution is 2.30. The fraction of sp³-hybridized carbons (Fsp3) is 0.571. The van der Waals surface area contributed by atoms with Gasteiger partial charge in [-0.2, -0.15) is 0 Å². The summed E-state index contributed by atoms with van der Waals surface area (Å²) in [5.41, 5.74) is 2.47. The topological polar surface area (TPSA) is 49.6 Å². The SMILES string of the molecule is CCN(CC)CCN1CCc2cc([N+](=O)[O-])ccc21. The van der Waals surface area contributed by atoms with Gasteiger partial charge in [-0.15, -0.1) is 0 Å². The minimum atomic E-state index is -0.321. The van der Waals surface area contributed by atoms with Crippen LogP contribution in [0.1, 0.15) is 19.4 Å². The normalized spacial score (nSPS) is 13.9. The first kappa shape index (κ1) is 13.8. The second kappa shape index (κ2) is 6.02. The Morgan fingerprint density at radius 2 is 2.11 bits per heavy atom. The van der Waals surface area contributed by atoms with Crippen molar-refractivity contribution < 1.29 is 4.92 Å². The van der Waals surface area contributed by atoms with Crippen molar-refractivity contribution in [1.82, 2.24) is 4.90 Å². The van der Waals surface area contributed by atoms with Crippen LogP contribution >= 0.6 is 0 Å². The smallest absolute Gasteiger partial charge is 0.269 e. The lowest BCUT2D eigenvalue weighted by molar-refractivity contribution is -0.384. The van der Waals surface area contributed by atoms with Gasteiger partial charge in [0.05, 0.1) is 4.92 Å². The van der Waals surface area contributed by atoms with Crippen molar-refractivity contribution in [3.05, 3.63) is 33.9 Å². The highest BCUT2D eigenvalue weighted by atomic mass is 16.6. The summed E-state index contributed by atoms with van der Waals surface area (Å²) in [6.07, 6.45) is 0.912. The molecular formula is C14H21N3O2. The maximum Gasteiger partial charge on any atom is 0.269 e. The number of benzene rings is 1. The lowest BCUT2D eigenvalue weighted by atomic mass is 10.1. The summed E-state index contributed by atoms with van der Waals surface area (Å²) in [7, 11) is 0. The molecule has 0 spiro atoms. The van der Waals surface area contributed by atoms with E-state index in [4.69, 9.17) is 0 Å². The molecule has 0 radical (unpaired) electrons. The third kappa shape index (κ3) is 3.04. The Bertz CT molecular complexity index is 458. The van der Waals surface area contributed by atoms with Crippen LogP contribution in [0, 0.1) is 10.1 Å². The monoisotopic (exact) mass is 263 g/mol. The predicted octanol–water partition coefficient (Wildman–Crippen LogP) is 2.30. The third-order valence-corrected chi connectivity index (χ3v) is 3.85. The molecule has 1 aliphatic heterocycles. The summed E-state index contributed by atoms with van der Waals surface area (Å²) in [4.78, 5) is 15.2. The van der Waals surface area contributed by atoms with Crippen molar-refractivity contribution in [2.24, 2.45) is 0 Å². The molecule has 0 aromatic heterocycles. The van der Waals surface area contributed by atoms with Gasteiger partial charge in [0, 0.05) is 37.5 Å². The largest absolute Gasteiger partial charge is 0.370 e. The van der Waals surface area contributed by atoms with Gasteiger partial charge in [0.15, 0.2) is 0 Å². The average molecular weight is 263 g/mol. The molecule has 2 rings (SSSR count). The maximum absolute atomic E-state index is 10.8. The number of likely N-dealkylation sites (N-methyl/N-ethyl adjacent to an activating group) is 1. The van der Waals surface area contributed by atoms with Crippen LogP contribution in [-0.4, -0.2) is 42.5 Å². The van der Waals surface area contributed by atoms with Crippen LogP contribution < -0.4 is 4.90 Å². The van der Waals surface area contributed by atoms with Crippen LogP contribution in [0.15, 0.2) is 18.2 Å². The van der Waals surface area contributed by atoms with Crippen molar-refractivity contribution in [2.45, 2.75) is 20.3 Å². The number of anilines is 1. The van der Waals surface area contributed by atoms with Gasteiger partial charge in [0.25, 0.3) is 5.69 Å². The highest BCUT2D eigenvalue weighted by molar-refractivity contribution is 5.61. The summed E-state index contributed by atoms with van der Waals surface area (Å²) >= 11 is 0. The third-order valence-electron chi connectivity index (χ3n) is 3.85. The first-order valence-electron chi connectivity index (χ1n) is 6.90. The molecule has 0 unspecified atom stereocenters.